The van der Waals surface area contributed by atoms with Gasteiger partial charge in [-0.3, -0.25) is 4.79 Å². The first-order valence-electron chi connectivity index (χ1n) is 7.61. The number of aliphatic carboxylic acids is 1. The number of hydrogen-bond acceptors (Lipinski definition) is 3. The highest BCUT2D eigenvalue weighted by Crippen LogP contribution is 2.13. The molecule has 0 aliphatic carbocycles. The number of rotatable bonds is 11. The summed E-state index contributed by atoms with van der Waals surface area (Å²) in [5, 5.41) is 8.96. The normalized spacial score (nSPS) is 16.3. The smallest absolute Gasteiger partial charge is 0.323 e. The minimum absolute atomic E-state index is 0.546. The lowest BCUT2D eigenvalue weighted by Crippen LogP contribution is -2.44. The molecule has 0 fully saturated rings. The molecule has 114 valence electrons. The van der Waals surface area contributed by atoms with Gasteiger partial charge in [0.05, 0.1) is 0 Å². The van der Waals surface area contributed by atoms with Crippen molar-refractivity contribution in [2.45, 2.75) is 77.8 Å². The second-order valence-corrected chi connectivity index (χ2v) is 5.83. The van der Waals surface area contributed by atoms with Gasteiger partial charge in [-0.05, 0) is 59.0 Å². The Morgan fingerprint density at radius 1 is 1.26 bits per heavy atom. The van der Waals surface area contributed by atoms with Crippen molar-refractivity contribution in [2.75, 3.05) is 13.1 Å². The Labute approximate surface area is 118 Å². The van der Waals surface area contributed by atoms with Crippen LogP contribution in [0.4, 0.5) is 0 Å². The molecule has 2 unspecified atom stereocenters. The van der Waals surface area contributed by atoms with Crippen LogP contribution in [0.2, 0.25) is 0 Å². The predicted octanol–water partition coefficient (Wildman–Crippen LogP) is 2.86. The van der Waals surface area contributed by atoms with Crippen LogP contribution in [0.25, 0.3) is 0 Å². The van der Waals surface area contributed by atoms with Crippen LogP contribution >= 0.6 is 0 Å². The fourth-order valence-electron chi connectivity index (χ4n) is 2.09. The number of hydrogen-bond donors (Lipinski definition) is 2. The van der Waals surface area contributed by atoms with Gasteiger partial charge in [-0.2, -0.15) is 0 Å². The van der Waals surface area contributed by atoms with Gasteiger partial charge in [0.15, 0.2) is 0 Å². The molecule has 0 aliphatic rings. The summed E-state index contributed by atoms with van der Waals surface area (Å²) in [6, 6.07) is 0.607. The Kier molecular flexibility index (Phi) is 9.02. The topological polar surface area (TPSA) is 66.6 Å². The fourth-order valence-corrected chi connectivity index (χ4v) is 2.09. The maximum atomic E-state index is 10.9. The Hall–Kier alpha value is -0.610. The summed E-state index contributed by atoms with van der Waals surface area (Å²) in [6.45, 7) is 10.5. The van der Waals surface area contributed by atoms with Gasteiger partial charge in [0, 0.05) is 6.04 Å². The van der Waals surface area contributed by atoms with Gasteiger partial charge < -0.3 is 15.7 Å². The van der Waals surface area contributed by atoms with Crippen molar-refractivity contribution in [1.29, 1.82) is 0 Å². The largest absolute Gasteiger partial charge is 0.480 e. The number of carboxylic acids is 1. The zero-order chi connectivity index (χ0) is 14.9. The molecule has 4 heteroatoms. The molecule has 0 radical (unpaired) electrons. The minimum atomic E-state index is -1.08. The molecule has 0 amide bonds. The maximum absolute atomic E-state index is 10.9. The molecule has 0 aromatic rings. The SMILES string of the molecule is CCCCN(CCCCC(C)(N)C(=O)O)C(C)CC. The van der Waals surface area contributed by atoms with E-state index in [0.717, 1.165) is 32.4 Å². The second-order valence-electron chi connectivity index (χ2n) is 5.83. The molecule has 19 heavy (non-hydrogen) atoms. The fraction of sp³-hybridized carbons (Fsp3) is 0.933. The second kappa shape index (κ2) is 9.32. The van der Waals surface area contributed by atoms with Crippen LogP contribution in [0.5, 0.6) is 0 Å². The van der Waals surface area contributed by atoms with E-state index in [2.05, 4.69) is 25.7 Å². The van der Waals surface area contributed by atoms with Crippen molar-refractivity contribution in [2.24, 2.45) is 5.73 Å². The average Bonchev–Trinajstić information content (AvgIpc) is 2.36. The van der Waals surface area contributed by atoms with Crippen molar-refractivity contribution >= 4 is 5.97 Å². The number of nitrogens with two attached hydrogens (primary N) is 1. The van der Waals surface area contributed by atoms with Gasteiger partial charge in [-0.25, -0.2) is 0 Å². The molecule has 0 saturated heterocycles. The molecule has 0 spiro atoms. The van der Waals surface area contributed by atoms with Gasteiger partial charge >= 0.3 is 5.97 Å². The van der Waals surface area contributed by atoms with Gasteiger partial charge in [-0.1, -0.05) is 20.3 Å². The zero-order valence-electron chi connectivity index (χ0n) is 13.1. The van der Waals surface area contributed by atoms with E-state index < -0.39 is 11.5 Å². The van der Waals surface area contributed by atoms with Gasteiger partial charge in [0.25, 0.3) is 0 Å². The maximum Gasteiger partial charge on any atom is 0.323 e. The molecular formula is C15H32N2O2. The van der Waals surface area contributed by atoms with Crippen molar-refractivity contribution in [3.63, 3.8) is 0 Å². The van der Waals surface area contributed by atoms with Crippen LogP contribution in [0.3, 0.4) is 0 Å². The van der Waals surface area contributed by atoms with Crippen molar-refractivity contribution < 1.29 is 9.90 Å². The lowest BCUT2D eigenvalue weighted by molar-refractivity contribution is -0.142. The highest BCUT2D eigenvalue weighted by molar-refractivity contribution is 5.77. The summed E-state index contributed by atoms with van der Waals surface area (Å²) in [5.74, 6) is -0.905. The van der Waals surface area contributed by atoms with E-state index in [1.54, 1.807) is 6.92 Å². The van der Waals surface area contributed by atoms with E-state index in [0.29, 0.717) is 12.5 Å². The lowest BCUT2D eigenvalue weighted by atomic mass is 9.96. The molecule has 3 N–H and O–H groups in total. The minimum Gasteiger partial charge on any atom is -0.480 e. The van der Waals surface area contributed by atoms with Crippen LogP contribution in [-0.4, -0.2) is 40.6 Å². The molecule has 0 rings (SSSR count). The van der Waals surface area contributed by atoms with Crippen LogP contribution in [0, 0.1) is 0 Å². The molecule has 4 nitrogen and oxygen atoms in total. The van der Waals surface area contributed by atoms with Gasteiger partial charge in [-0.15, -0.1) is 0 Å². The van der Waals surface area contributed by atoms with Crippen LogP contribution in [0.1, 0.15) is 66.2 Å². The van der Waals surface area contributed by atoms with Gasteiger partial charge in [0.2, 0.25) is 0 Å². The average molecular weight is 272 g/mol. The molecule has 0 saturated carbocycles. The highest BCUT2D eigenvalue weighted by atomic mass is 16.4. The van der Waals surface area contributed by atoms with E-state index in [9.17, 15) is 4.79 Å². The first kappa shape index (κ1) is 18.4. The Balaban J connectivity index is 4.02. The number of carbonyl (C=O) groups is 1. The van der Waals surface area contributed by atoms with Crippen molar-refractivity contribution in [1.82, 2.24) is 4.90 Å². The lowest BCUT2D eigenvalue weighted by Gasteiger charge is -2.28. The van der Waals surface area contributed by atoms with E-state index in [1.807, 2.05) is 0 Å². The van der Waals surface area contributed by atoms with E-state index >= 15 is 0 Å². The monoisotopic (exact) mass is 272 g/mol. The Morgan fingerprint density at radius 2 is 1.84 bits per heavy atom. The van der Waals surface area contributed by atoms with E-state index in [-0.39, 0.29) is 0 Å². The molecular weight excluding hydrogens is 240 g/mol. The summed E-state index contributed by atoms with van der Waals surface area (Å²) < 4.78 is 0. The van der Waals surface area contributed by atoms with Crippen LogP contribution in [-0.2, 0) is 4.79 Å². The van der Waals surface area contributed by atoms with Crippen LogP contribution < -0.4 is 5.73 Å². The third-order valence-corrected chi connectivity index (χ3v) is 3.89. The zero-order valence-corrected chi connectivity index (χ0v) is 13.1. The molecule has 0 heterocycles. The van der Waals surface area contributed by atoms with E-state index in [4.69, 9.17) is 10.8 Å². The number of nitrogens with zero attached hydrogens (tertiary/aromatic N) is 1. The molecule has 0 aromatic carbocycles. The number of unbranched alkanes of at least 4 members (excludes halogenated alkanes) is 2. The summed E-state index contributed by atoms with van der Waals surface area (Å²) in [6.07, 6.45) is 6.05. The summed E-state index contributed by atoms with van der Waals surface area (Å²) in [4.78, 5) is 13.4. The summed E-state index contributed by atoms with van der Waals surface area (Å²) >= 11 is 0. The standard InChI is InChI=1S/C15H32N2O2/c1-5-7-11-17(13(3)6-2)12-9-8-10-15(4,16)14(18)19/h13H,5-12,16H2,1-4H3,(H,18,19). The summed E-state index contributed by atoms with van der Waals surface area (Å²) in [5.41, 5.74) is 4.65. The van der Waals surface area contributed by atoms with Crippen LogP contribution in [0.15, 0.2) is 0 Å². The Bertz CT molecular complexity index is 255. The first-order chi connectivity index (χ1) is 8.85. The third kappa shape index (κ3) is 7.53. The highest BCUT2D eigenvalue weighted by Gasteiger charge is 2.26. The third-order valence-electron chi connectivity index (χ3n) is 3.89. The molecule has 2 atom stereocenters. The molecule has 0 bridgehead atoms. The predicted molar refractivity (Wildman–Crippen MR) is 80.3 cm³/mol. The van der Waals surface area contributed by atoms with Crippen molar-refractivity contribution in [3.05, 3.63) is 0 Å². The van der Waals surface area contributed by atoms with Crippen molar-refractivity contribution in [3.8, 4) is 0 Å². The number of carboxylic acid groups (broad SMARTS) is 1. The quantitative estimate of drug-likeness (QED) is 0.568. The Morgan fingerprint density at radius 3 is 2.32 bits per heavy atom. The first-order valence-corrected chi connectivity index (χ1v) is 7.61. The molecule has 0 aromatic heterocycles. The molecule has 0 aliphatic heterocycles. The van der Waals surface area contributed by atoms with Gasteiger partial charge in [0.1, 0.15) is 5.54 Å². The van der Waals surface area contributed by atoms with E-state index in [1.165, 1.54) is 12.8 Å². The summed E-state index contributed by atoms with van der Waals surface area (Å²) in [7, 11) is 0.